The molecule has 11 heavy (non-hydrogen) atoms. The first-order valence-corrected chi connectivity index (χ1v) is 4.27. The van der Waals surface area contributed by atoms with Crippen LogP contribution < -0.4 is 5.73 Å². The predicted octanol–water partition coefficient (Wildman–Crippen LogP) is 0.346. The van der Waals surface area contributed by atoms with E-state index in [1.807, 2.05) is 11.8 Å². The maximum Gasteiger partial charge on any atom is 0.222 e. The molecule has 0 saturated carbocycles. The molecule has 1 heterocycles. The molecule has 1 rings (SSSR count). The van der Waals surface area contributed by atoms with Gasteiger partial charge < -0.3 is 10.6 Å². The first-order valence-electron chi connectivity index (χ1n) is 4.27. The fraction of sp³-hybridized carbons (Fsp3) is 0.875. The molecule has 1 amide bonds. The van der Waals surface area contributed by atoms with Crippen LogP contribution in [0.5, 0.6) is 0 Å². The van der Waals surface area contributed by atoms with Gasteiger partial charge in [0.15, 0.2) is 0 Å². The molecule has 64 valence electrons. The molecule has 0 aromatic carbocycles. The van der Waals surface area contributed by atoms with Gasteiger partial charge in [0.25, 0.3) is 0 Å². The fourth-order valence-corrected chi connectivity index (χ4v) is 1.39. The third kappa shape index (κ3) is 2.19. The van der Waals surface area contributed by atoms with Crippen molar-refractivity contribution >= 4 is 5.91 Å². The van der Waals surface area contributed by atoms with Crippen LogP contribution in [0.25, 0.3) is 0 Å². The molecule has 0 spiro atoms. The summed E-state index contributed by atoms with van der Waals surface area (Å²) in [6.45, 7) is 3.65. The van der Waals surface area contributed by atoms with E-state index in [4.69, 9.17) is 5.73 Å². The van der Waals surface area contributed by atoms with E-state index in [0.717, 1.165) is 25.9 Å². The van der Waals surface area contributed by atoms with Crippen LogP contribution in [0, 0.1) is 0 Å². The molecule has 0 aromatic heterocycles. The number of hydrogen-bond acceptors (Lipinski definition) is 2. The highest BCUT2D eigenvalue weighted by atomic mass is 16.2. The van der Waals surface area contributed by atoms with E-state index in [1.165, 1.54) is 0 Å². The lowest BCUT2D eigenvalue weighted by atomic mass is 10.3. The third-order valence-electron chi connectivity index (χ3n) is 2.04. The molecular weight excluding hydrogens is 140 g/mol. The summed E-state index contributed by atoms with van der Waals surface area (Å²) in [7, 11) is 0. The highest BCUT2D eigenvalue weighted by molar-refractivity contribution is 5.76. The predicted molar refractivity (Wildman–Crippen MR) is 44.1 cm³/mol. The Morgan fingerprint density at radius 3 is 2.91 bits per heavy atom. The zero-order chi connectivity index (χ0) is 8.27. The van der Waals surface area contributed by atoms with E-state index >= 15 is 0 Å². The normalized spacial score (nSPS) is 24.2. The van der Waals surface area contributed by atoms with E-state index < -0.39 is 0 Å². The molecule has 1 aliphatic heterocycles. The molecule has 0 aromatic rings. The van der Waals surface area contributed by atoms with Gasteiger partial charge >= 0.3 is 0 Å². The largest absolute Gasteiger partial charge is 0.341 e. The molecule has 1 atom stereocenters. The van der Waals surface area contributed by atoms with Crippen LogP contribution in [-0.4, -0.2) is 29.9 Å². The Morgan fingerprint density at radius 1 is 1.73 bits per heavy atom. The quantitative estimate of drug-likeness (QED) is 0.627. The fourth-order valence-electron chi connectivity index (χ4n) is 1.39. The SMILES string of the molecule is CCCC(=O)N1CC[C@@H](N)C1. The van der Waals surface area contributed by atoms with Gasteiger partial charge in [-0.2, -0.15) is 0 Å². The topological polar surface area (TPSA) is 46.3 Å². The Morgan fingerprint density at radius 2 is 2.45 bits per heavy atom. The number of amides is 1. The van der Waals surface area contributed by atoms with Crippen molar-refractivity contribution in [3.05, 3.63) is 0 Å². The summed E-state index contributed by atoms with van der Waals surface area (Å²) in [5.41, 5.74) is 5.67. The van der Waals surface area contributed by atoms with Crippen LogP contribution in [0.3, 0.4) is 0 Å². The van der Waals surface area contributed by atoms with E-state index in [0.29, 0.717) is 6.42 Å². The van der Waals surface area contributed by atoms with Crippen LogP contribution in [0.15, 0.2) is 0 Å². The van der Waals surface area contributed by atoms with E-state index in [1.54, 1.807) is 0 Å². The van der Waals surface area contributed by atoms with Crippen molar-refractivity contribution in [1.82, 2.24) is 4.90 Å². The molecule has 2 N–H and O–H groups in total. The Labute approximate surface area is 67.5 Å². The van der Waals surface area contributed by atoms with Gasteiger partial charge in [-0.1, -0.05) is 6.92 Å². The zero-order valence-corrected chi connectivity index (χ0v) is 7.05. The lowest BCUT2D eigenvalue weighted by molar-refractivity contribution is -0.130. The molecule has 3 heteroatoms. The summed E-state index contributed by atoms with van der Waals surface area (Å²) >= 11 is 0. The van der Waals surface area contributed by atoms with Crippen molar-refractivity contribution in [2.24, 2.45) is 5.73 Å². The van der Waals surface area contributed by atoms with Crippen molar-refractivity contribution in [3.63, 3.8) is 0 Å². The highest BCUT2D eigenvalue weighted by Crippen LogP contribution is 2.08. The van der Waals surface area contributed by atoms with Crippen molar-refractivity contribution in [2.75, 3.05) is 13.1 Å². The smallest absolute Gasteiger partial charge is 0.222 e. The minimum absolute atomic E-state index is 0.218. The minimum Gasteiger partial charge on any atom is -0.341 e. The summed E-state index contributed by atoms with van der Waals surface area (Å²) in [6, 6.07) is 0.218. The monoisotopic (exact) mass is 156 g/mol. The molecule has 3 nitrogen and oxygen atoms in total. The van der Waals surface area contributed by atoms with Gasteiger partial charge in [-0.25, -0.2) is 0 Å². The highest BCUT2D eigenvalue weighted by Gasteiger charge is 2.22. The first kappa shape index (κ1) is 8.53. The van der Waals surface area contributed by atoms with Crippen LogP contribution in [0.4, 0.5) is 0 Å². The standard InChI is InChI=1S/C8H16N2O/c1-2-3-8(11)10-5-4-7(9)6-10/h7H,2-6,9H2,1H3/t7-/m1/s1. The second kappa shape index (κ2) is 3.72. The second-order valence-electron chi connectivity index (χ2n) is 3.14. The van der Waals surface area contributed by atoms with Crippen LogP contribution in [0.1, 0.15) is 26.2 Å². The third-order valence-corrected chi connectivity index (χ3v) is 2.04. The Hall–Kier alpha value is -0.570. The second-order valence-corrected chi connectivity index (χ2v) is 3.14. The maximum atomic E-state index is 11.3. The summed E-state index contributed by atoms with van der Waals surface area (Å²) in [5, 5.41) is 0. The Bertz CT molecular complexity index is 147. The van der Waals surface area contributed by atoms with Crippen molar-refractivity contribution in [2.45, 2.75) is 32.2 Å². The summed E-state index contributed by atoms with van der Waals surface area (Å²) < 4.78 is 0. The number of nitrogens with zero attached hydrogens (tertiary/aromatic N) is 1. The molecular formula is C8H16N2O. The number of nitrogens with two attached hydrogens (primary N) is 1. The van der Waals surface area contributed by atoms with Crippen molar-refractivity contribution in [3.8, 4) is 0 Å². The average Bonchev–Trinajstić information content (AvgIpc) is 2.36. The number of rotatable bonds is 2. The molecule has 1 fully saturated rings. The number of hydrogen-bond donors (Lipinski definition) is 1. The maximum absolute atomic E-state index is 11.3. The van der Waals surface area contributed by atoms with E-state index in [-0.39, 0.29) is 11.9 Å². The van der Waals surface area contributed by atoms with Gasteiger partial charge in [0.1, 0.15) is 0 Å². The van der Waals surface area contributed by atoms with E-state index in [2.05, 4.69) is 0 Å². The number of carbonyl (C=O) groups excluding carboxylic acids is 1. The van der Waals surface area contributed by atoms with Crippen molar-refractivity contribution < 1.29 is 4.79 Å². The lowest BCUT2D eigenvalue weighted by Gasteiger charge is -2.14. The number of carbonyl (C=O) groups is 1. The summed E-state index contributed by atoms with van der Waals surface area (Å²) in [4.78, 5) is 13.1. The Kier molecular flexibility index (Phi) is 2.88. The van der Waals surface area contributed by atoms with Gasteiger partial charge in [-0.3, -0.25) is 4.79 Å². The van der Waals surface area contributed by atoms with Gasteiger partial charge in [0, 0.05) is 25.6 Å². The average molecular weight is 156 g/mol. The summed E-state index contributed by atoms with van der Waals surface area (Å²) in [6.07, 6.45) is 2.58. The molecule has 0 radical (unpaired) electrons. The van der Waals surface area contributed by atoms with Crippen LogP contribution >= 0.6 is 0 Å². The molecule has 1 aliphatic rings. The minimum atomic E-state index is 0.218. The van der Waals surface area contributed by atoms with Gasteiger partial charge in [-0.15, -0.1) is 0 Å². The molecule has 0 unspecified atom stereocenters. The van der Waals surface area contributed by atoms with Crippen molar-refractivity contribution in [1.29, 1.82) is 0 Å². The number of likely N-dealkylation sites (tertiary alicyclic amines) is 1. The molecule has 0 aliphatic carbocycles. The Balaban J connectivity index is 2.31. The van der Waals surface area contributed by atoms with E-state index in [9.17, 15) is 4.79 Å². The lowest BCUT2D eigenvalue weighted by Crippen LogP contribution is -2.31. The first-order chi connectivity index (χ1) is 5.24. The van der Waals surface area contributed by atoms with Gasteiger partial charge in [0.05, 0.1) is 0 Å². The van der Waals surface area contributed by atoms with Gasteiger partial charge in [-0.05, 0) is 12.8 Å². The molecule has 0 bridgehead atoms. The summed E-state index contributed by atoms with van der Waals surface area (Å²) in [5.74, 6) is 0.264. The molecule has 1 saturated heterocycles. The van der Waals surface area contributed by atoms with Gasteiger partial charge in [0.2, 0.25) is 5.91 Å². The van der Waals surface area contributed by atoms with Crippen LogP contribution in [-0.2, 0) is 4.79 Å². The zero-order valence-electron chi connectivity index (χ0n) is 7.05. The van der Waals surface area contributed by atoms with Crippen LogP contribution in [0.2, 0.25) is 0 Å².